The van der Waals surface area contributed by atoms with Crippen LogP contribution in [0.25, 0.3) is 32.6 Å². The van der Waals surface area contributed by atoms with E-state index in [4.69, 9.17) is 9.47 Å². The van der Waals surface area contributed by atoms with Crippen LogP contribution in [-0.2, 0) is 32.7 Å². The Bertz CT molecular complexity index is 1870. The van der Waals surface area contributed by atoms with Crippen molar-refractivity contribution in [3.8, 4) is 34.1 Å². The molecule has 17 heteroatoms. The van der Waals surface area contributed by atoms with Crippen molar-refractivity contribution in [2.45, 2.75) is 31.6 Å². The summed E-state index contributed by atoms with van der Waals surface area (Å²) < 4.78 is 111. The van der Waals surface area contributed by atoms with Crippen LogP contribution >= 0.6 is 11.3 Å². The van der Waals surface area contributed by atoms with Gasteiger partial charge >= 0.3 is 15.6 Å². The van der Waals surface area contributed by atoms with E-state index >= 15 is 4.39 Å². The fourth-order valence-corrected chi connectivity index (χ4v) is 6.09. The highest BCUT2D eigenvalue weighted by molar-refractivity contribution is 7.88. The van der Waals surface area contributed by atoms with E-state index in [0.29, 0.717) is 11.8 Å². The summed E-state index contributed by atoms with van der Waals surface area (Å²) >= 11 is 0.922. The first-order valence-corrected chi connectivity index (χ1v) is 15.1. The molecule has 0 bridgehead atoms. The fourth-order valence-electron chi connectivity index (χ4n) is 4.72. The normalized spacial score (nSPS) is 15.3. The molecule has 3 aromatic heterocycles. The predicted octanol–water partition coefficient (Wildman–Crippen LogP) is 5.28. The number of aromatic nitrogens is 3. The number of carbonyl (C=O) groups is 1. The number of carbonyl (C=O) groups excluding carboxylic acids is 1. The Hall–Kier alpha value is -4.09. The molecule has 5 rings (SSSR count). The van der Waals surface area contributed by atoms with E-state index in [0.717, 1.165) is 23.5 Å². The minimum absolute atomic E-state index is 0.00812. The number of hydrogen-bond donors (Lipinski definition) is 0. The average molecular weight is 659 g/mol. The number of nitrogens with zero attached hydrogens (tertiary/aromatic N) is 4. The molecule has 1 aliphatic rings. The van der Waals surface area contributed by atoms with Gasteiger partial charge in [-0.1, -0.05) is 6.58 Å². The molecule has 10 nitrogen and oxygen atoms in total. The standard InChI is InChI=1S/C27H23F5N4O6S2/c1-4-21(37)35-13-16-11-19(34-36(16)12-14(35)2)24-23(22-18(29)9-15(28)10-20(22)41-7-6-40-3)25-17(5-8-43-25)26(33-24)42-44(38,39)27(30,31)32/h4-5,8-11,14H,1,6-7,12-13H2,2-3H3/t14-/m1/s1. The molecule has 0 saturated carbocycles. The number of rotatable bonds is 9. The number of alkyl halides is 3. The van der Waals surface area contributed by atoms with Gasteiger partial charge in [0.1, 0.15) is 35.4 Å². The van der Waals surface area contributed by atoms with Gasteiger partial charge in [-0.05, 0) is 30.5 Å². The fraction of sp³-hybridized carbons (Fsp3) is 0.296. The first-order chi connectivity index (χ1) is 20.8. The van der Waals surface area contributed by atoms with Crippen LogP contribution in [0.15, 0.2) is 42.3 Å². The largest absolute Gasteiger partial charge is 0.534 e. The molecule has 4 heterocycles. The summed E-state index contributed by atoms with van der Waals surface area (Å²) in [5, 5.41) is 5.75. The van der Waals surface area contributed by atoms with E-state index in [1.807, 2.05) is 0 Å². The van der Waals surface area contributed by atoms with Crippen molar-refractivity contribution >= 4 is 37.4 Å². The van der Waals surface area contributed by atoms with E-state index in [2.05, 4.69) is 20.8 Å². The van der Waals surface area contributed by atoms with E-state index < -0.39 is 33.1 Å². The lowest BCUT2D eigenvalue weighted by Gasteiger charge is -2.33. The molecule has 0 unspecified atom stereocenters. The Labute approximate surface area is 251 Å². The van der Waals surface area contributed by atoms with Crippen LogP contribution in [0.4, 0.5) is 22.0 Å². The maximum absolute atomic E-state index is 15.7. The monoisotopic (exact) mass is 658 g/mol. The summed E-state index contributed by atoms with van der Waals surface area (Å²) in [5.41, 5.74) is -5.91. The van der Waals surface area contributed by atoms with Gasteiger partial charge < -0.3 is 18.6 Å². The van der Waals surface area contributed by atoms with Gasteiger partial charge in [0.25, 0.3) is 0 Å². The van der Waals surface area contributed by atoms with Crippen molar-refractivity contribution in [2.75, 3.05) is 20.3 Å². The number of thiophene rings is 1. The number of fused-ring (bicyclic) bond motifs is 2. The molecule has 234 valence electrons. The lowest BCUT2D eigenvalue weighted by atomic mass is 9.98. The van der Waals surface area contributed by atoms with Crippen LogP contribution in [0.2, 0.25) is 0 Å². The van der Waals surface area contributed by atoms with Crippen LogP contribution in [0.3, 0.4) is 0 Å². The van der Waals surface area contributed by atoms with E-state index in [1.165, 1.54) is 29.5 Å². The van der Waals surface area contributed by atoms with Gasteiger partial charge in [-0.25, -0.2) is 13.8 Å². The SMILES string of the molecule is C=CC(=O)N1Cc2cc(-c3nc(OS(=O)(=O)C(F)(F)F)c4ccsc4c3-c3c(F)cc(F)cc3OCCOC)nn2C[C@H]1C. The van der Waals surface area contributed by atoms with Gasteiger partial charge in [0.2, 0.25) is 11.8 Å². The number of benzene rings is 1. The summed E-state index contributed by atoms with van der Waals surface area (Å²) in [5.74, 6) is -3.60. The summed E-state index contributed by atoms with van der Waals surface area (Å²) in [6.07, 6.45) is 1.15. The van der Waals surface area contributed by atoms with Gasteiger partial charge in [0.05, 0.1) is 41.0 Å². The minimum Gasteiger partial charge on any atom is -0.490 e. The van der Waals surface area contributed by atoms with Gasteiger partial charge in [-0.3, -0.25) is 9.48 Å². The number of pyridine rings is 1. The molecule has 0 fully saturated rings. The number of ether oxygens (including phenoxy) is 2. The number of amides is 1. The van der Waals surface area contributed by atoms with Crippen molar-refractivity contribution in [1.29, 1.82) is 0 Å². The molecule has 0 saturated heterocycles. The highest BCUT2D eigenvalue weighted by Gasteiger charge is 2.49. The first kappa shape index (κ1) is 31.3. The molecule has 1 aromatic carbocycles. The molecule has 44 heavy (non-hydrogen) atoms. The lowest BCUT2D eigenvalue weighted by molar-refractivity contribution is -0.129. The van der Waals surface area contributed by atoms with Gasteiger partial charge in [-0.15, -0.1) is 11.3 Å². The summed E-state index contributed by atoms with van der Waals surface area (Å²) in [4.78, 5) is 18.1. The Morgan fingerprint density at radius 3 is 2.64 bits per heavy atom. The second-order valence-corrected chi connectivity index (χ2v) is 12.1. The zero-order valence-electron chi connectivity index (χ0n) is 23.0. The molecule has 0 aliphatic carbocycles. The number of hydrogen-bond acceptors (Lipinski definition) is 9. The topological polar surface area (TPSA) is 113 Å². The second kappa shape index (κ2) is 11.8. The Morgan fingerprint density at radius 2 is 1.95 bits per heavy atom. The van der Waals surface area contributed by atoms with E-state index in [9.17, 15) is 30.8 Å². The highest BCUT2D eigenvalue weighted by atomic mass is 32.2. The van der Waals surface area contributed by atoms with Gasteiger partial charge in [-0.2, -0.15) is 26.7 Å². The third-order valence-corrected chi connectivity index (χ3v) is 8.60. The van der Waals surface area contributed by atoms with Crippen molar-refractivity contribution in [3.63, 3.8) is 0 Å². The summed E-state index contributed by atoms with van der Waals surface area (Å²) in [7, 11) is -4.77. The molecule has 1 amide bonds. The second-order valence-electron chi connectivity index (χ2n) is 9.61. The third-order valence-electron chi connectivity index (χ3n) is 6.72. The van der Waals surface area contributed by atoms with Crippen molar-refractivity contribution in [2.24, 2.45) is 0 Å². The molecule has 1 aliphatic heterocycles. The quantitative estimate of drug-likeness (QED) is 0.0786. The predicted molar refractivity (Wildman–Crippen MR) is 149 cm³/mol. The van der Waals surface area contributed by atoms with Crippen LogP contribution in [0.1, 0.15) is 12.6 Å². The van der Waals surface area contributed by atoms with Crippen molar-refractivity contribution < 1.29 is 48.8 Å². The molecular formula is C27H23F5N4O6S2. The van der Waals surface area contributed by atoms with Gasteiger partial charge in [0, 0.05) is 30.8 Å². The average Bonchev–Trinajstić information content (AvgIpc) is 3.59. The Balaban J connectivity index is 1.79. The van der Waals surface area contributed by atoms with Gasteiger partial charge in [0.15, 0.2) is 0 Å². The third kappa shape index (κ3) is 5.73. The maximum atomic E-state index is 15.7. The molecule has 1 atom stereocenters. The van der Waals surface area contributed by atoms with Crippen LogP contribution in [-0.4, -0.2) is 65.9 Å². The minimum atomic E-state index is -6.16. The van der Waals surface area contributed by atoms with Crippen LogP contribution < -0.4 is 8.92 Å². The first-order valence-electron chi connectivity index (χ1n) is 12.8. The summed E-state index contributed by atoms with van der Waals surface area (Å²) in [6, 6.07) is 3.94. The highest BCUT2D eigenvalue weighted by Crippen LogP contribution is 2.47. The Morgan fingerprint density at radius 1 is 1.20 bits per heavy atom. The Kier molecular flexibility index (Phi) is 8.39. The van der Waals surface area contributed by atoms with E-state index in [-0.39, 0.29) is 76.6 Å². The smallest absolute Gasteiger partial charge is 0.490 e. The molecule has 0 spiro atoms. The van der Waals surface area contributed by atoms with Crippen molar-refractivity contribution in [1.82, 2.24) is 19.7 Å². The van der Waals surface area contributed by atoms with Crippen LogP contribution in [0.5, 0.6) is 11.6 Å². The number of methoxy groups -OCH3 is 1. The molecule has 4 aromatic rings. The van der Waals surface area contributed by atoms with Crippen LogP contribution in [0, 0.1) is 11.6 Å². The van der Waals surface area contributed by atoms with Crippen molar-refractivity contribution in [3.05, 3.63) is 59.6 Å². The van der Waals surface area contributed by atoms with E-state index in [1.54, 1.807) is 11.6 Å². The summed E-state index contributed by atoms with van der Waals surface area (Å²) in [6.45, 7) is 5.53. The number of halogens is 5. The molecule has 0 N–H and O–H groups in total. The maximum Gasteiger partial charge on any atom is 0.534 e. The molecule has 0 radical (unpaired) electrons. The zero-order valence-corrected chi connectivity index (χ0v) is 24.7. The zero-order chi connectivity index (χ0) is 32.0. The molecular weight excluding hydrogens is 635 g/mol. The lowest BCUT2D eigenvalue weighted by Crippen LogP contribution is -2.44.